The molecule has 0 saturated heterocycles. The van der Waals surface area contributed by atoms with Gasteiger partial charge in [0, 0.05) is 22.2 Å². The highest BCUT2D eigenvalue weighted by Gasteiger charge is 2.20. The first-order chi connectivity index (χ1) is 15.2. The lowest BCUT2D eigenvalue weighted by atomic mass is 10.1. The molecule has 1 heterocycles. The summed E-state index contributed by atoms with van der Waals surface area (Å²) in [6.45, 7) is 8.05. The third kappa shape index (κ3) is 5.31. The van der Waals surface area contributed by atoms with Crippen LogP contribution in [0.2, 0.25) is 10.0 Å². The first kappa shape index (κ1) is 23.8. The summed E-state index contributed by atoms with van der Waals surface area (Å²) in [6.07, 6.45) is 0. The fourth-order valence-electron chi connectivity index (χ4n) is 2.98. The van der Waals surface area contributed by atoms with Crippen LogP contribution in [-0.2, 0) is 4.74 Å². The zero-order chi connectivity index (χ0) is 23.4. The van der Waals surface area contributed by atoms with Crippen molar-refractivity contribution in [3.05, 3.63) is 69.8 Å². The highest BCUT2D eigenvalue weighted by atomic mass is 35.5. The smallest absolute Gasteiger partial charge is 0.358 e. The Hall–Kier alpha value is -2.83. The Kier molecular flexibility index (Phi) is 7.59. The summed E-state index contributed by atoms with van der Waals surface area (Å²) >= 11 is 12.5. The topological polar surface area (TPSA) is 73.2 Å². The van der Waals surface area contributed by atoms with Crippen molar-refractivity contribution in [2.45, 2.75) is 33.7 Å². The quantitative estimate of drug-likeness (QED) is 0.440. The molecule has 0 bridgehead atoms. The van der Waals surface area contributed by atoms with Crippen LogP contribution in [0.25, 0.3) is 16.9 Å². The molecule has 1 amide bonds. The van der Waals surface area contributed by atoms with Crippen LogP contribution in [0.1, 0.15) is 48.5 Å². The third-order valence-electron chi connectivity index (χ3n) is 5.13. The van der Waals surface area contributed by atoms with E-state index in [0.717, 1.165) is 0 Å². The summed E-state index contributed by atoms with van der Waals surface area (Å²) in [4.78, 5) is 24.8. The molecule has 3 aromatic rings. The van der Waals surface area contributed by atoms with Crippen LogP contribution >= 0.6 is 23.2 Å². The molecule has 6 nitrogen and oxygen atoms in total. The number of esters is 1. The molecule has 0 aliphatic heterocycles. The van der Waals surface area contributed by atoms with E-state index in [1.165, 1.54) is 0 Å². The molecule has 0 aliphatic rings. The van der Waals surface area contributed by atoms with Gasteiger partial charge in [0.25, 0.3) is 5.91 Å². The van der Waals surface area contributed by atoms with Gasteiger partial charge in [-0.1, -0.05) is 37.0 Å². The first-order valence-corrected chi connectivity index (χ1v) is 11.1. The van der Waals surface area contributed by atoms with Crippen molar-refractivity contribution in [2.75, 3.05) is 6.61 Å². The number of halogens is 2. The molecule has 0 spiro atoms. The van der Waals surface area contributed by atoms with E-state index in [0.29, 0.717) is 38.5 Å². The lowest BCUT2D eigenvalue weighted by molar-refractivity contribution is 0.0518. The molecule has 1 aromatic heterocycles. The van der Waals surface area contributed by atoms with Gasteiger partial charge in [-0.2, -0.15) is 5.10 Å². The number of hydrogen-bond donors (Lipinski definition) is 1. The zero-order valence-electron chi connectivity index (χ0n) is 18.4. The second kappa shape index (κ2) is 10.2. The number of benzene rings is 2. The molecule has 168 valence electrons. The highest BCUT2D eigenvalue weighted by Crippen LogP contribution is 2.32. The first-order valence-electron chi connectivity index (χ1n) is 10.3. The van der Waals surface area contributed by atoms with E-state index in [1.54, 1.807) is 60.1 Å². The van der Waals surface area contributed by atoms with Gasteiger partial charge in [0.15, 0.2) is 5.69 Å². The lowest BCUT2D eigenvalue weighted by Gasteiger charge is -2.17. The van der Waals surface area contributed by atoms with Crippen LogP contribution < -0.4 is 5.32 Å². The predicted octanol–water partition coefficient (Wildman–Crippen LogP) is 5.80. The molecule has 0 aliphatic carbocycles. The van der Waals surface area contributed by atoms with Gasteiger partial charge in [-0.3, -0.25) is 4.79 Å². The van der Waals surface area contributed by atoms with Crippen LogP contribution in [-0.4, -0.2) is 34.3 Å². The summed E-state index contributed by atoms with van der Waals surface area (Å²) in [6, 6.07) is 13.8. The summed E-state index contributed by atoms with van der Waals surface area (Å²) in [5, 5.41) is 8.35. The van der Waals surface area contributed by atoms with Crippen LogP contribution in [0.5, 0.6) is 0 Å². The number of carbonyl (C=O) groups is 2. The van der Waals surface area contributed by atoms with Gasteiger partial charge in [0.2, 0.25) is 0 Å². The molecule has 2 aromatic carbocycles. The summed E-state index contributed by atoms with van der Waals surface area (Å²) in [5.41, 5.74) is 2.60. The van der Waals surface area contributed by atoms with E-state index in [1.807, 2.05) is 6.92 Å². The Bertz CT molecular complexity index is 1120. The highest BCUT2D eigenvalue weighted by molar-refractivity contribution is 6.36. The van der Waals surface area contributed by atoms with Gasteiger partial charge in [-0.15, -0.1) is 0 Å². The van der Waals surface area contributed by atoms with E-state index in [2.05, 4.69) is 24.3 Å². The molecule has 3 rings (SSSR count). The molecular formula is C24H25Cl2N3O3. The minimum Gasteiger partial charge on any atom is -0.461 e. The third-order valence-corrected chi connectivity index (χ3v) is 5.68. The van der Waals surface area contributed by atoms with Crippen molar-refractivity contribution in [2.24, 2.45) is 5.92 Å². The number of hydrogen-bond acceptors (Lipinski definition) is 4. The van der Waals surface area contributed by atoms with Crippen molar-refractivity contribution in [3.63, 3.8) is 0 Å². The molecule has 32 heavy (non-hydrogen) atoms. The maximum Gasteiger partial charge on any atom is 0.358 e. The largest absolute Gasteiger partial charge is 0.461 e. The Labute approximate surface area is 197 Å². The number of aromatic nitrogens is 2. The fourth-order valence-corrected chi connectivity index (χ4v) is 3.49. The average Bonchev–Trinajstić information content (AvgIpc) is 3.19. The number of carbonyl (C=O) groups excluding carboxylic acids is 2. The molecule has 0 fully saturated rings. The van der Waals surface area contributed by atoms with Crippen molar-refractivity contribution >= 4 is 35.1 Å². The van der Waals surface area contributed by atoms with Gasteiger partial charge in [0.1, 0.15) is 0 Å². The van der Waals surface area contributed by atoms with E-state index < -0.39 is 5.97 Å². The van der Waals surface area contributed by atoms with Crippen LogP contribution in [0.3, 0.4) is 0 Å². The second-order valence-electron chi connectivity index (χ2n) is 7.72. The van der Waals surface area contributed by atoms with E-state index in [9.17, 15) is 9.59 Å². The average molecular weight is 474 g/mol. The maximum atomic E-state index is 12.5. The Morgan fingerprint density at radius 3 is 2.34 bits per heavy atom. The van der Waals surface area contributed by atoms with Crippen LogP contribution in [0.4, 0.5) is 0 Å². The minimum atomic E-state index is -0.531. The number of rotatable bonds is 7. The zero-order valence-corrected chi connectivity index (χ0v) is 19.9. The molecule has 0 unspecified atom stereocenters. The molecule has 1 atom stereocenters. The van der Waals surface area contributed by atoms with Crippen molar-refractivity contribution in [1.29, 1.82) is 0 Å². The number of amides is 1. The van der Waals surface area contributed by atoms with Crippen molar-refractivity contribution < 1.29 is 14.3 Å². The van der Waals surface area contributed by atoms with Gasteiger partial charge < -0.3 is 10.1 Å². The Morgan fingerprint density at radius 2 is 1.75 bits per heavy atom. The van der Waals surface area contributed by atoms with Crippen molar-refractivity contribution in [1.82, 2.24) is 15.1 Å². The summed E-state index contributed by atoms with van der Waals surface area (Å²) < 4.78 is 6.70. The second-order valence-corrected chi connectivity index (χ2v) is 8.57. The van der Waals surface area contributed by atoms with Gasteiger partial charge in [-0.25, -0.2) is 9.48 Å². The van der Waals surface area contributed by atoms with Crippen LogP contribution in [0.15, 0.2) is 48.5 Å². The molecule has 1 N–H and O–H groups in total. The number of nitrogens with zero attached hydrogens (tertiary/aromatic N) is 2. The van der Waals surface area contributed by atoms with E-state index in [-0.39, 0.29) is 24.2 Å². The molecule has 8 heteroatoms. The SMILES string of the molecule is CCOC(=O)c1cc(-c2ccc(Cl)cc2Cl)n(-c2ccc(C(=O)N[C@H](C)C(C)C)cc2)n1. The maximum absolute atomic E-state index is 12.5. The van der Waals surface area contributed by atoms with Gasteiger partial charge in [-0.05, 0) is 68.3 Å². The monoisotopic (exact) mass is 473 g/mol. The number of ether oxygens (including phenoxy) is 1. The van der Waals surface area contributed by atoms with E-state index >= 15 is 0 Å². The van der Waals surface area contributed by atoms with Gasteiger partial charge >= 0.3 is 5.97 Å². The fraction of sp³-hybridized carbons (Fsp3) is 0.292. The van der Waals surface area contributed by atoms with Gasteiger partial charge in [0.05, 0.1) is 23.0 Å². The van der Waals surface area contributed by atoms with E-state index in [4.69, 9.17) is 27.9 Å². The Balaban J connectivity index is 2.00. The molecule has 0 radical (unpaired) electrons. The normalized spacial score (nSPS) is 12.0. The molecule has 0 saturated carbocycles. The van der Waals surface area contributed by atoms with Crippen molar-refractivity contribution in [3.8, 4) is 16.9 Å². The summed E-state index contributed by atoms with van der Waals surface area (Å²) in [7, 11) is 0. The standard InChI is InChI=1S/C24H25Cl2N3O3/c1-5-32-24(31)21-13-22(19-11-8-17(25)12-20(19)26)29(28-21)18-9-6-16(7-10-18)23(30)27-15(4)14(2)3/h6-15H,5H2,1-4H3,(H,27,30)/t15-/m1/s1. The predicted molar refractivity (Wildman–Crippen MR) is 127 cm³/mol. The molecular weight excluding hydrogens is 449 g/mol. The summed E-state index contributed by atoms with van der Waals surface area (Å²) in [5.74, 6) is -0.349. The van der Waals surface area contributed by atoms with Crippen LogP contribution in [0, 0.1) is 5.92 Å². The number of nitrogens with one attached hydrogen (secondary N) is 1. The lowest BCUT2D eigenvalue weighted by Crippen LogP contribution is -2.36. The minimum absolute atomic E-state index is 0.0547. The Morgan fingerprint density at radius 1 is 1.06 bits per heavy atom.